The Kier molecular flexibility index (Phi) is 9.32. The van der Waals surface area contributed by atoms with Crippen molar-refractivity contribution in [3.8, 4) is 12.1 Å². The van der Waals surface area contributed by atoms with E-state index < -0.39 is 5.67 Å². The zero-order valence-electron chi connectivity index (χ0n) is 26.2. The number of nitrogens with zero attached hydrogens (tertiary/aromatic N) is 7. The van der Waals surface area contributed by atoms with Crippen molar-refractivity contribution in [2.45, 2.75) is 50.5 Å². The Hall–Kier alpha value is -3.98. The standard InChI is InChI=1S/C34H39ClFN7O3/c1-34(36)18-25(40(2)22-34)21-46-33-38-28-20-41(29-9-4-7-23-6-3-8-27(35)31(23)29)14-12-26(28)32(39-33)42-15-16-43(24(19-42)11-13-37)30(45)10-5-17-44/h3-10,24-25,44H,11-12,14-22H2,1-2H3/b10-5+/t24-,25-,34?/m0/s1. The van der Waals surface area contributed by atoms with Crippen molar-refractivity contribution in [2.24, 2.45) is 0 Å². The number of aromatic nitrogens is 2. The Morgan fingerprint density at radius 2 is 2.00 bits per heavy atom. The maximum Gasteiger partial charge on any atom is 0.318 e. The minimum Gasteiger partial charge on any atom is -0.462 e. The van der Waals surface area contributed by atoms with Crippen LogP contribution in [0, 0.1) is 11.3 Å². The quantitative estimate of drug-likeness (QED) is 0.361. The van der Waals surface area contributed by atoms with Gasteiger partial charge in [-0.2, -0.15) is 15.2 Å². The molecule has 46 heavy (non-hydrogen) atoms. The first-order valence-electron chi connectivity index (χ1n) is 15.7. The predicted molar refractivity (Wildman–Crippen MR) is 176 cm³/mol. The lowest BCUT2D eigenvalue weighted by atomic mass is 10.0. The number of ether oxygens (including phenoxy) is 1. The molecule has 10 nitrogen and oxygen atoms in total. The maximum absolute atomic E-state index is 14.8. The van der Waals surface area contributed by atoms with Crippen molar-refractivity contribution in [2.75, 3.05) is 62.8 Å². The second-order valence-corrected chi connectivity index (χ2v) is 13.0. The lowest BCUT2D eigenvalue weighted by molar-refractivity contribution is -0.128. The van der Waals surface area contributed by atoms with Gasteiger partial charge >= 0.3 is 6.01 Å². The van der Waals surface area contributed by atoms with E-state index in [4.69, 9.17) is 31.4 Å². The van der Waals surface area contributed by atoms with Gasteiger partial charge in [0.05, 0.1) is 42.4 Å². The number of carbonyl (C=O) groups excluding carboxylic acids is 1. The molecular formula is C34H39ClFN7O3. The van der Waals surface area contributed by atoms with Crippen molar-refractivity contribution in [3.63, 3.8) is 0 Å². The molecule has 0 saturated carbocycles. The second kappa shape index (κ2) is 13.4. The van der Waals surface area contributed by atoms with E-state index in [-0.39, 0.29) is 43.6 Å². The summed E-state index contributed by atoms with van der Waals surface area (Å²) in [6, 6.07) is 14.1. The number of fused-ring (bicyclic) bond motifs is 2. The lowest BCUT2D eigenvalue weighted by Crippen LogP contribution is -2.55. The van der Waals surface area contributed by atoms with E-state index >= 15 is 0 Å². The number of rotatable bonds is 8. The number of hydrogen-bond donors (Lipinski definition) is 1. The van der Waals surface area contributed by atoms with E-state index in [9.17, 15) is 14.4 Å². The van der Waals surface area contributed by atoms with Crippen molar-refractivity contribution in [1.82, 2.24) is 19.8 Å². The van der Waals surface area contributed by atoms with Crippen LogP contribution < -0.4 is 14.5 Å². The smallest absolute Gasteiger partial charge is 0.318 e. The number of halogens is 2. The molecular weight excluding hydrogens is 609 g/mol. The fourth-order valence-electron chi connectivity index (χ4n) is 7.04. The van der Waals surface area contributed by atoms with Crippen molar-refractivity contribution in [1.29, 1.82) is 5.26 Å². The van der Waals surface area contributed by atoms with Gasteiger partial charge in [-0.1, -0.05) is 41.9 Å². The summed E-state index contributed by atoms with van der Waals surface area (Å²) in [6.07, 6.45) is 3.98. The number of hydrogen-bond acceptors (Lipinski definition) is 9. The first-order chi connectivity index (χ1) is 22.2. The number of amides is 1. The zero-order valence-corrected chi connectivity index (χ0v) is 27.0. The number of anilines is 2. The molecule has 1 amide bonds. The maximum atomic E-state index is 14.8. The van der Waals surface area contributed by atoms with Crippen LogP contribution in [0.2, 0.25) is 5.02 Å². The molecule has 3 aliphatic rings. The molecule has 2 saturated heterocycles. The largest absolute Gasteiger partial charge is 0.462 e. The first kappa shape index (κ1) is 32.0. The monoisotopic (exact) mass is 647 g/mol. The Bertz CT molecular complexity index is 1670. The number of nitriles is 1. The highest BCUT2D eigenvalue weighted by Gasteiger charge is 2.40. The van der Waals surface area contributed by atoms with Crippen molar-refractivity contribution in [3.05, 3.63) is 64.8 Å². The van der Waals surface area contributed by atoms with E-state index in [0.29, 0.717) is 50.6 Å². The number of likely N-dealkylation sites (N-methyl/N-ethyl adjacent to an activating group) is 1. The summed E-state index contributed by atoms with van der Waals surface area (Å²) in [7, 11) is 1.90. The van der Waals surface area contributed by atoms with E-state index in [0.717, 1.165) is 40.1 Å². The molecule has 242 valence electrons. The van der Waals surface area contributed by atoms with Crippen molar-refractivity contribution >= 4 is 39.8 Å². The number of aliphatic hydroxyl groups is 1. The number of aliphatic hydroxyl groups excluding tert-OH is 1. The predicted octanol–water partition coefficient (Wildman–Crippen LogP) is 4.14. The highest BCUT2D eigenvalue weighted by atomic mass is 35.5. The summed E-state index contributed by atoms with van der Waals surface area (Å²) < 4.78 is 21.0. The number of carbonyl (C=O) groups is 1. The van der Waals surface area contributed by atoms with Crippen LogP contribution in [0.5, 0.6) is 6.01 Å². The molecule has 0 bridgehead atoms. The molecule has 4 heterocycles. The summed E-state index contributed by atoms with van der Waals surface area (Å²) in [5.74, 6) is 0.513. The molecule has 3 aromatic rings. The Labute approximate surface area is 273 Å². The normalized spacial score (nSPS) is 23.6. The highest BCUT2D eigenvalue weighted by Crippen LogP contribution is 2.37. The molecule has 1 aromatic heterocycles. The van der Waals surface area contributed by atoms with Gasteiger partial charge in [0.1, 0.15) is 18.1 Å². The Balaban J connectivity index is 1.32. The minimum atomic E-state index is -1.27. The summed E-state index contributed by atoms with van der Waals surface area (Å²) >= 11 is 6.69. The van der Waals surface area contributed by atoms with Gasteiger partial charge in [0.15, 0.2) is 0 Å². The van der Waals surface area contributed by atoms with Gasteiger partial charge in [0, 0.05) is 67.9 Å². The van der Waals surface area contributed by atoms with Crippen LogP contribution in [0.1, 0.15) is 31.0 Å². The lowest BCUT2D eigenvalue weighted by Gasteiger charge is -2.42. The van der Waals surface area contributed by atoms with Crippen molar-refractivity contribution < 1.29 is 19.0 Å². The third-order valence-electron chi connectivity index (χ3n) is 9.22. The molecule has 0 aliphatic carbocycles. The number of benzene rings is 2. The van der Waals surface area contributed by atoms with Gasteiger partial charge in [-0.05, 0) is 37.9 Å². The molecule has 1 unspecified atom stereocenters. The van der Waals surface area contributed by atoms with Gasteiger partial charge in [-0.15, -0.1) is 0 Å². The van der Waals surface area contributed by atoms with E-state index in [1.54, 1.807) is 11.8 Å². The second-order valence-electron chi connectivity index (χ2n) is 12.6. The van der Waals surface area contributed by atoms with Crippen LogP contribution >= 0.6 is 11.6 Å². The number of piperazine rings is 1. The van der Waals surface area contributed by atoms with Crippen LogP contribution in [-0.2, 0) is 17.8 Å². The summed E-state index contributed by atoms with van der Waals surface area (Å²) in [6.45, 7) is 4.56. The minimum absolute atomic E-state index is 0.103. The Morgan fingerprint density at radius 1 is 1.20 bits per heavy atom. The number of likely N-dealkylation sites (tertiary alicyclic amines) is 1. The molecule has 3 aliphatic heterocycles. The fourth-order valence-corrected chi connectivity index (χ4v) is 7.32. The van der Waals surface area contributed by atoms with E-state index in [1.165, 1.54) is 12.2 Å². The molecule has 6 rings (SSSR count). The van der Waals surface area contributed by atoms with Gasteiger partial charge in [-0.25, -0.2) is 4.39 Å². The van der Waals surface area contributed by atoms with Crippen LogP contribution in [0.15, 0.2) is 48.6 Å². The average molecular weight is 648 g/mol. The molecule has 0 radical (unpaired) electrons. The molecule has 12 heteroatoms. The van der Waals surface area contributed by atoms with Crippen LogP contribution in [0.3, 0.4) is 0 Å². The molecule has 2 aromatic carbocycles. The summed E-state index contributed by atoms with van der Waals surface area (Å²) in [4.78, 5) is 30.7. The summed E-state index contributed by atoms with van der Waals surface area (Å²) in [5.41, 5.74) is 1.61. The average Bonchev–Trinajstić information content (AvgIpc) is 3.32. The fraction of sp³-hybridized carbons (Fsp3) is 0.471. The van der Waals surface area contributed by atoms with Gasteiger partial charge in [0.25, 0.3) is 0 Å². The third-order valence-corrected chi connectivity index (χ3v) is 9.54. The highest BCUT2D eigenvalue weighted by molar-refractivity contribution is 6.36. The van der Waals surface area contributed by atoms with E-state index in [2.05, 4.69) is 34.1 Å². The summed E-state index contributed by atoms with van der Waals surface area (Å²) in [5, 5.41) is 21.5. The van der Waals surface area contributed by atoms with Gasteiger partial charge in [-0.3, -0.25) is 9.69 Å². The first-order valence-corrected chi connectivity index (χ1v) is 16.1. The molecule has 0 spiro atoms. The van der Waals surface area contributed by atoms with Crippen LogP contribution in [0.4, 0.5) is 15.9 Å². The number of alkyl halides is 1. The Morgan fingerprint density at radius 3 is 2.74 bits per heavy atom. The van der Waals surface area contributed by atoms with E-state index in [1.807, 2.05) is 30.1 Å². The SMILES string of the molecule is CN1CC(C)(F)C[C@H]1COc1nc2c(c(N3CCN(C(=O)/C=C/CO)[C@@H](CC#N)C3)n1)CCN(c1cccc3cccc(Cl)c13)C2. The van der Waals surface area contributed by atoms with Crippen LogP contribution in [-0.4, -0.2) is 102 Å². The van der Waals surface area contributed by atoms with Crippen LogP contribution in [0.25, 0.3) is 10.8 Å². The zero-order chi connectivity index (χ0) is 32.4. The van der Waals surface area contributed by atoms with Gasteiger partial charge in [0.2, 0.25) is 5.91 Å². The molecule has 1 N–H and O–H groups in total. The third kappa shape index (κ3) is 6.61. The molecule has 2 fully saturated rings. The topological polar surface area (TPSA) is 109 Å². The van der Waals surface area contributed by atoms with Gasteiger partial charge < -0.3 is 24.5 Å². The molecule has 3 atom stereocenters.